The largest absolute Gasteiger partial charge is 0.462 e. The lowest BCUT2D eigenvalue weighted by Gasteiger charge is -2.38. The molecule has 0 unspecified atom stereocenters. The van der Waals surface area contributed by atoms with Crippen molar-refractivity contribution >= 4 is 53.4 Å². The first kappa shape index (κ1) is 34.7. The van der Waals surface area contributed by atoms with Crippen molar-refractivity contribution < 1.29 is 47.7 Å². The SMILES string of the molecule is CC(=O)OC[C@@H](OC(C)=O)[C@@H](OC(C)=O)[C@H](OC(C)=O)[C@H](OC(C)=O)C(SCc1ccccc1)SCc1ccccc1. The summed E-state index contributed by atoms with van der Waals surface area (Å²) in [6, 6.07) is 19.2. The zero-order valence-electron chi connectivity index (χ0n) is 24.2. The first-order valence-electron chi connectivity index (χ1n) is 13.1. The van der Waals surface area contributed by atoms with Crippen LogP contribution in [0.4, 0.5) is 0 Å². The number of carbonyl (C=O) groups excluding carboxylic acids is 5. The highest BCUT2D eigenvalue weighted by atomic mass is 32.2. The van der Waals surface area contributed by atoms with E-state index in [4.69, 9.17) is 23.7 Å². The van der Waals surface area contributed by atoms with E-state index >= 15 is 0 Å². The Bertz CT molecular complexity index is 1130. The van der Waals surface area contributed by atoms with Crippen LogP contribution in [0.15, 0.2) is 60.7 Å². The fourth-order valence-corrected chi connectivity index (χ4v) is 6.57. The average molecular weight is 621 g/mol. The van der Waals surface area contributed by atoms with Crippen molar-refractivity contribution in [3.63, 3.8) is 0 Å². The normalized spacial score (nSPS) is 13.7. The van der Waals surface area contributed by atoms with E-state index in [2.05, 4.69) is 0 Å². The predicted octanol–water partition coefficient (Wildman–Crippen LogP) is 4.47. The van der Waals surface area contributed by atoms with E-state index in [9.17, 15) is 24.0 Å². The molecule has 228 valence electrons. The first-order chi connectivity index (χ1) is 20.0. The van der Waals surface area contributed by atoms with Crippen molar-refractivity contribution in [2.45, 2.75) is 75.1 Å². The number of carbonyl (C=O) groups is 5. The molecule has 0 spiro atoms. The Balaban J connectivity index is 2.60. The Labute approximate surface area is 254 Å². The second-order valence-electron chi connectivity index (χ2n) is 9.13. The van der Waals surface area contributed by atoms with Gasteiger partial charge in [0.1, 0.15) is 6.61 Å². The quantitative estimate of drug-likeness (QED) is 0.149. The van der Waals surface area contributed by atoms with E-state index in [1.54, 1.807) is 0 Å². The molecular formula is C30H36O10S2. The maximum Gasteiger partial charge on any atom is 0.303 e. The molecule has 4 atom stereocenters. The van der Waals surface area contributed by atoms with Crippen LogP contribution < -0.4 is 0 Å². The highest BCUT2D eigenvalue weighted by Crippen LogP contribution is 2.37. The second-order valence-corrected chi connectivity index (χ2v) is 11.7. The number of rotatable bonds is 16. The van der Waals surface area contributed by atoms with Gasteiger partial charge >= 0.3 is 29.8 Å². The lowest BCUT2D eigenvalue weighted by molar-refractivity contribution is -0.201. The van der Waals surface area contributed by atoms with E-state index < -0.39 is 65.5 Å². The lowest BCUT2D eigenvalue weighted by atomic mass is 10.0. The van der Waals surface area contributed by atoms with E-state index in [1.165, 1.54) is 30.4 Å². The van der Waals surface area contributed by atoms with Crippen LogP contribution in [0.2, 0.25) is 0 Å². The number of esters is 5. The number of ether oxygens (including phenoxy) is 5. The van der Waals surface area contributed by atoms with Crippen LogP contribution in [0.25, 0.3) is 0 Å². The number of thioether (sulfide) groups is 2. The number of hydrogen-bond donors (Lipinski definition) is 0. The third-order valence-corrected chi connectivity index (χ3v) is 8.48. The maximum atomic E-state index is 12.5. The summed E-state index contributed by atoms with van der Waals surface area (Å²) in [6.45, 7) is 5.27. The Morgan fingerprint density at radius 2 is 0.952 bits per heavy atom. The summed E-state index contributed by atoms with van der Waals surface area (Å²) in [5.41, 5.74) is 2.00. The van der Waals surface area contributed by atoms with Crippen molar-refractivity contribution in [2.75, 3.05) is 6.61 Å². The van der Waals surface area contributed by atoms with Crippen molar-refractivity contribution in [2.24, 2.45) is 0 Å². The molecule has 2 aromatic rings. The summed E-state index contributed by atoms with van der Waals surface area (Å²) >= 11 is 2.88. The minimum Gasteiger partial charge on any atom is -0.462 e. The molecule has 0 amide bonds. The van der Waals surface area contributed by atoms with Crippen molar-refractivity contribution in [1.82, 2.24) is 0 Å². The smallest absolute Gasteiger partial charge is 0.303 e. The molecule has 2 aromatic carbocycles. The van der Waals surface area contributed by atoms with Crippen LogP contribution in [0.1, 0.15) is 45.7 Å². The van der Waals surface area contributed by atoms with Crippen LogP contribution in [0.3, 0.4) is 0 Å². The van der Waals surface area contributed by atoms with E-state index in [0.717, 1.165) is 38.8 Å². The molecule has 0 saturated carbocycles. The van der Waals surface area contributed by atoms with Crippen LogP contribution in [-0.4, -0.2) is 65.5 Å². The van der Waals surface area contributed by atoms with Crippen LogP contribution >= 0.6 is 23.5 Å². The van der Waals surface area contributed by atoms with E-state index in [1.807, 2.05) is 60.7 Å². The monoisotopic (exact) mass is 620 g/mol. The Kier molecular flexibility index (Phi) is 15.0. The highest BCUT2D eigenvalue weighted by molar-refractivity contribution is 8.16. The molecule has 0 fully saturated rings. The Morgan fingerprint density at radius 1 is 0.548 bits per heavy atom. The van der Waals surface area contributed by atoms with Gasteiger partial charge in [0.05, 0.1) is 4.58 Å². The zero-order valence-corrected chi connectivity index (χ0v) is 25.8. The molecule has 12 heteroatoms. The lowest BCUT2D eigenvalue weighted by Crippen LogP contribution is -2.55. The number of benzene rings is 2. The van der Waals surface area contributed by atoms with E-state index in [-0.39, 0.29) is 0 Å². The first-order valence-corrected chi connectivity index (χ1v) is 15.2. The Hall–Kier alpha value is -3.51. The minimum atomic E-state index is -1.49. The molecule has 0 radical (unpaired) electrons. The average Bonchev–Trinajstić information content (AvgIpc) is 2.92. The summed E-state index contributed by atoms with van der Waals surface area (Å²) < 4.78 is 26.9. The molecular weight excluding hydrogens is 584 g/mol. The van der Waals surface area contributed by atoms with Crippen molar-refractivity contribution in [3.05, 3.63) is 71.8 Å². The molecule has 0 heterocycles. The van der Waals surface area contributed by atoms with Gasteiger partial charge in [-0.3, -0.25) is 24.0 Å². The Morgan fingerprint density at radius 3 is 1.36 bits per heavy atom. The van der Waals surface area contributed by atoms with Crippen LogP contribution in [-0.2, 0) is 59.2 Å². The number of hydrogen-bond acceptors (Lipinski definition) is 12. The predicted molar refractivity (Wildman–Crippen MR) is 158 cm³/mol. The standard InChI is InChI=1S/C30H36O10S2/c1-19(31)36-16-26(37-20(2)32)27(38-21(3)33)28(39-22(4)34)29(40-23(5)35)30(41-17-24-12-8-6-9-13-24)42-18-25-14-10-7-11-15-25/h6-15,26-30H,16-18H2,1-5H3/t26-,27-,28+,29+/m1/s1. The van der Waals surface area contributed by atoms with Gasteiger partial charge in [0.15, 0.2) is 24.4 Å². The van der Waals surface area contributed by atoms with Gasteiger partial charge in [0.2, 0.25) is 0 Å². The molecule has 0 aliphatic rings. The van der Waals surface area contributed by atoms with Crippen LogP contribution in [0.5, 0.6) is 0 Å². The molecule has 0 aliphatic heterocycles. The van der Waals surface area contributed by atoms with Gasteiger partial charge in [-0.05, 0) is 11.1 Å². The minimum absolute atomic E-state index is 0.504. The highest BCUT2D eigenvalue weighted by Gasteiger charge is 2.47. The fraction of sp³-hybridized carbons (Fsp3) is 0.433. The second kappa shape index (κ2) is 18.1. The molecule has 0 bridgehead atoms. The van der Waals surface area contributed by atoms with Crippen LogP contribution in [0, 0.1) is 0 Å². The van der Waals surface area contributed by atoms with Crippen molar-refractivity contribution in [3.8, 4) is 0 Å². The van der Waals surface area contributed by atoms with Gasteiger partial charge in [-0.25, -0.2) is 0 Å². The van der Waals surface area contributed by atoms with Gasteiger partial charge in [0, 0.05) is 46.1 Å². The van der Waals surface area contributed by atoms with Gasteiger partial charge in [-0.2, -0.15) is 0 Å². The summed E-state index contributed by atoms with van der Waals surface area (Å²) in [4.78, 5) is 60.8. The molecule has 0 N–H and O–H groups in total. The topological polar surface area (TPSA) is 132 Å². The summed E-state index contributed by atoms with van der Waals surface area (Å²) in [7, 11) is 0. The molecule has 10 nitrogen and oxygen atoms in total. The third kappa shape index (κ3) is 13.0. The van der Waals surface area contributed by atoms with Gasteiger partial charge in [0.25, 0.3) is 0 Å². The van der Waals surface area contributed by atoms with Gasteiger partial charge in [-0.15, -0.1) is 23.5 Å². The van der Waals surface area contributed by atoms with Gasteiger partial charge in [-0.1, -0.05) is 60.7 Å². The summed E-state index contributed by atoms with van der Waals surface area (Å²) in [5.74, 6) is -2.64. The van der Waals surface area contributed by atoms with Crippen molar-refractivity contribution in [1.29, 1.82) is 0 Å². The third-order valence-electron chi connectivity index (χ3n) is 5.47. The maximum absolute atomic E-state index is 12.5. The molecule has 2 rings (SSSR count). The molecule has 0 saturated heterocycles. The van der Waals surface area contributed by atoms with Gasteiger partial charge < -0.3 is 23.7 Å². The summed E-state index contributed by atoms with van der Waals surface area (Å²) in [6.07, 6.45) is -5.49. The molecule has 0 aromatic heterocycles. The summed E-state index contributed by atoms with van der Waals surface area (Å²) in [5, 5.41) is 0. The zero-order chi connectivity index (χ0) is 31.1. The van der Waals surface area contributed by atoms with E-state index in [0.29, 0.717) is 11.5 Å². The molecule has 42 heavy (non-hydrogen) atoms. The fourth-order valence-electron chi connectivity index (χ4n) is 3.88. The molecule has 0 aliphatic carbocycles.